The van der Waals surface area contributed by atoms with Gasteiger partial charge in [0.25, 0.3) is 0 Å². The number of Topliss-reactive ketones (excluding diaryl/α,β-unsaturated/α-hetero) is 1. The quantitative estimate of drug-likeness (QED) is 0.745. The fraction of sp³-hybridized carbons (Fsp3) is 0.429. The Balaban J connectivity index is 2.27. The molecule has 1 saturated carbocycles. The number of carbonyl (C=O) groups excluding carboxylic acids is 1. The van der Waals surface area contributed by atoms with E-state index in [1.807, 2.05) is 0 Å². The molecule has 0 amide bonds. The van der Waals surface area contributed by atoms with Crippen LogP contribution in [0.4, 0.5) is 10.1 Å². The van der Waals surface area contributed by atoms with E-state index in [4.69, 9.17) is 11.6 Å². The van der Waals surface area contributed by atoms with Crippen LogP contribution in [0.2, 0.25) is 5.02 Å². The van der Waals surface area contributed by atoms with Crippen molar-refractivity contribution in [3.8, 4) is 0 Å². The van der Waals surface area contributed by atoms with Crippen LogP contribution in [0, 0.1) is 11.2 Å². The van der Waals surface area contributed by atoms with Gasteiger partial charge in [-0.3, -0.25) is 9.79 Å². The number of nitrogens with zero attached hydrogens (tertiary/aromatic N) is 1. The number of carbonyl (C=O) groups is 1. The lowest BCUT2D eigenvalue weighted by atomic mass is 9.76. The van der Waals surface area contributed by atoms with Gasteiger partial charge in [0.15, 0.2) is 0 Å². The van der Waals surface area contributed by atoms with Crippen molar-refractivity contribution in [3.05, 3.63) is 29.0 Å². The first kappa shape index (κ1) is 13.2. The Labute approximate surface area is 111 Å². The zero-order valence-corrected chi connectivity index (χ0v) is 11.2. The molecular weight excluding hydrogens is 253 g/mol. The number of benzene rings is 1. The summed E-state index contributed by atoms with van der Waals surface area (Å²) in [5.74, 6) is -0.251. The van der Waals surface area contributed by atoms with E-state index in [1.54, 1.807) is 6.07 Å². The molecule has 0 saturated heterocycles. The molecule has 0 N–H and O–H groups in total. The summed E-state index contributed by atoms with van der Waals surface area (Å²) in [7, 11) is 0. The van der Waals surface area contributed by atoms with Gasteiger partial charge in [-0.25, -0.2) is 4.39 Å². The highest BCUT2D eigenvalue weighted by molar-refractivity contribution is 6.31. The lowest BCUT2D eigenvalue weighted by molar-refractivity contribution is -0.120. The van der Waals surface area contributed by atoms with Crippen molar-refractivity contribution in [2.45, 2.75) is 33.1 Å². The van der Waals surface area contributed by atoms with Crippen molar-refractivity contribution < 1.29 is 9.18 Å². The van der Waals surface area contributed by atoms with Crippen LogP contribution < -0.4 is 0 Å². The summed E-state index contributed by atoms with van der Waals surface area (Å²) in [4.78, 5) is 16.0. The lowest BCUT2D eigenvalue weighted by Gasteiger charge is -2.29. The standard InChI is InChI=1S/C14H15ClFNO/c1-14(2)7-10(5-11(18)8-14)17-9-3-4-13(16)12(15)6-9/h3-4,6H,5,7-8H2,1-2H3. The molecule has 4 heteroatoms. The van der Waals surface area contributed by atoms with Gasteiger partial charge in [-0.2, -0.15) is 0 Å². The maximum absolute atomic E-state index is 13.0. The third kappa shape index (κ3) is 3.16. The maximum atomic E-state index is 13.0. The zero-order valence-electron chi connectivity index (χ0n) is 10.5. The average Bonchev–Trinajstić information content (AvgIpc) is 2.20. The highest BCUT2D eigenvalue weighted by Crippen LogP contribution is 2.33. The van der Waals surface area contributed by atoms with Crippen molar-refractivity contribution in [2.24, 2.45) is 10.4 Å². The number of aliphatic imine (C=N–C) groups is 1. The minimum absolute atomic E-state index is 0.0437. The van der Waals surface area contributed by atoms with Gasteiger partial charge in [0.05, 0.1) is 10.7 Å². The van der Waals surface area contributed by atoms with Crippen LogP contribution in [0.15, 0.2) is 23.2 Å². The molecule has 0 aromatic heterocycles. The van der Waals surface area contributed by atoms with Crippen LogP contribution in [0.25, 0.3) is 0 Å². The Morgan fingerprint density at radius 3 is 2.67 bits per heavy atom. The summed E-state index contributed by atoms with van der Waals surface area (Å²) in [6.45, 7) is 4.11. The fourth-order valence-electron chi connectivity index (χ4n) is 2.32. The topological polar surface area (TPSA) is 29.4 Å². The van der Waals surface area contributed by atoms with E-state index in [1.165, 1.54) is 12.1 Å². The van der Waals surface area contributed by atoms with Crippen LogP contribution in [-0.4, -0.2) is 11.5 Å². The second kappa shape index (κ2) is 4.81. The van der Waals surface area contributed by atoms with Gasteiger partial charge < -0.3 is 0 Å². The van der Waals surface area contributed by atoms with E-state index in [2.05, 4.69) is 18.8 Å². The molecule has 2 nitrogen and oxygen atoms in total. The summed E-state index contributed by atoms with van der Waals surface area (Å²) in [5.41, 5.74) is 1.40. The first-order chi connectivity index (χ1) is 8.35. The molecule has 1 aromatic rings. The molecule has 18 heavy (non-hydrogen) atoms. The van der Waals surface area contributed by atoms with E-state index >= 15 is 0 Å². The second-order valence-corrected chi connectivity index (χ2v) is 5.92. The molecule has 1 aliphatic rings. The Morgan fingerprint density at radius 2 is 2.06 bits per heavy atom. The highest BCUT2D eigenvalue weighted by atomic mass is 35.5. The van der Waals surface area contributed by atoms with Gasteiger partial charge in [0.2, 0.25) is 0 Å². The van der Waals surface area contributed by atoms with Crippen molar-refractivity contribution in [2.75, 3.05) is 0 Å². The molecule has 96 valence electrons. The van der Waals surface area contributed by atoms with Crippen LogP contribution in [-0.2, 0) is 4.79 Å². The minimum atomic E-state index is -0.458. The van der Waals surface area contributed by atoms with E-state index in [9.17, 15) is 9.18 Å². The van der Waals surface area contributed by atoms with Gasteiger partial charge in [0.1, 0.15) is 11.6 Å². The second-order valence-electron chi connectivity index (χ2n) is 5.51. The fourth-order valence-corrected chi connectivity index (χ4v) is 2.49. The molecule has 0 radical (unpaired) electrons. The Bertz CT molecular complexity index is 523. The molecular formula is C14H15ClFNO. The summed E-state index contributed by atoms with van der Waals surface area (Å²) < 4.78 is 13.0. The number of halogens is 2. The summed E-state index contributed by atoms with van der Waals surface area (Å²) in [6.07, 6.45) is 1.77. The predicted molar refractivity (Wildman–Crippen MR) is 71.1 cm³/mol. The van der Waals surface area contributed by atoms with Crippen molar-refractivity contribution in [1.82, 2.24) is 0 Å². The van der Waals surface area contributed by atoms with Gasteiger partial charge in [-0.05, 0) is 30.0 Å². The molecule has 0 aliphatic heterocycles. The number of hydrogen-bond acceptors (Lipinski definition) is 2. The number of rotatable bonds is 1. The highest BCUT2D eigenvalue weighted by Gasteiger charge is 2.30. The largest absolute Gasteiger partial charge is 0.299 e. The minimum Gasteiger partial charge on any atom is -0.299 e. The van der Waals surface area contributed by atoms with Gasteiger partial charge in [-0.1, -0.05) is 25.4 Å². The zero-order chi connectivity index (χ0) is 13.3. The Morgan fingerprint density at radius 1 is 1.33 bits per heavy atom. The molecule has 0 atom stereocenters. The maximum Gasteiger partial charge on any atom is 0.141 e. The monoisotopic (exact) mass is 267 g/mol. The lowest BCUT2D eigenvalue weighted by Crippen LogP contribution is -2.28. The molecule has 2 rings (SSSR count). The van der Waals surface area contributed by atoms with E-state index in [0.717, 1.165) is 12.1 Å². The smallest absolute Gasteiger partial charge is 0.141 e. The van der Waals surface area contributed by atoms with E-state index in [0.29, 0.717) is 18.5 Å². The summed E-state index contributed by atoms with van der Waals surface area (Å²) in [6, 6.07) is 4.34. The first-order valence-electron chi connectivity index (χ1n) is 5.89. The van der Waals surface area contributed by atoms with Crippen LogP contribution in [0.1, 0.15) is 33.1 Å². The number of hydrogen-bond donors (Lipinski definition) is 0. The molecule has 0 spiro atoms. The third-order valence-corrected chi connectivity index (χ3v) is 3.24. The average molecular weight is 268 g/mol. The molecule has 0 unspecified atom stereocenters. The molecule has 1 aromatic carbocycles. The molecule has 0 bridgehead atoms. The third-order valence-electron chi connectivity index (χ3n) is 2.95. The van der Waals surface area contributed by atoms with Gasteiger partial charge in [0, 0.05) is 18.6 Å². The Hall–Kier alpha value is -1.22. The normalized spacial score (nSPS) is 21.3. The summed E-state index contributed by atoms with van der Waals surface area (Å²) in [5, 5.41) is 0.0539. The Kier molecular flexibility index (Phi) is 3.53. The van der Waals surface area contributed by atoms with E-state index < -0.39 is 5.82 Å². The molecule has 1 fully saturated rings. The summed E-state index contributed by atoms with van der Waals surface area (Å²) >= 11 is 5.71. The van der Waals surface area contributed by atoms with Crippen LogP contribution in [0.5, 0.6) is 0 Å². The molecule has 1 aliphatic carbocycles. The van der Waals surface area contributed by atoms with Crippen molar-refractivity contribution in [3.63, 3.8) is 0 Å². The van der Waals surface area contributed by atoms with Crippen molar-refractivity contribution >= 4 is 28.8 Å². The molecule has 0 heterocycles. The predicted octanol–water partition coefficient (Wildman–Crippen LogP) is 4.33. The van der Waals surface area contributed by atoms with Crippen LogP contribution >= 0.6 is 11.6 Å². The first-order valence-corrected chi connectivity index (χ1v) is 6.27. The van der Waals surface area contributed by atoms with Gasteiger partial charge >= 0.3 is 0 Å². The van der Waals surface area contributed by atoms with Crippen molar-refractivity contribution in [1.29, 1.82) is 0 Å². The van der Waals surface area contributed by atoms with Gasteiger partial charge in [-0.15, -0.1) is 0 Å². The number of ketones is 1. The van der Waals surface area contributed by atoms with Crippen LogP contribution in [0.3, 0.4) is 0 Å². The SMILES string of the molecule is CC1(C)CC(=O)CC(=Nc2ccc(F)c(Cl)c2)C1. The van der Waals surface area contributed by atoms with E-state index in [-0.39, 0.29) is 16.2 Å².